The maximum absolute atomic E-state index is 11.9. The molecule has 2 aromatic carbocycles. The Bertz CT molecular complexity index is 823. The van der Waals surface area contributed by atoms with Crippen molar-refractivity contribution in [1.29, 1.82) is 0 Å². The molecule has 0 aliphatic carbocycles. The summed E-state index contributed by atoms with van der Waals surface area (Å²) >= 11 is 5.86. The SMILES string of the molecule is CCNS(=O)(=O)c1ccc(CCNC(=O)Nc2cccc(Cl)c2)cc1. The molecular weight excluding hydrogens is 362 g/mol. The summed E-state index contributed by atoms with van der Waals surface area (Å²) in [5.74, 6) is 0. The van der Waals surface area contributed by atoms with E-state index in [4.69, 9.17) is 11.6 Å². The van der Waals surface area contributed by atoms with Crippen LogP contribution in [0, 0.1) is 0 Å². The molecule has 3 N–H and O–H groups in total. The molecule has 0 aliphatic heterocycles. The van der Waals surface area contributed by atoms with E-state index in [1.165, 1.54) is 0 Å². The van der Waals surface area contributed by atoms with E-state index in [9.17, 15) is 13.2 Å². The molecule has 0 fully saturated rings. The molecule has 0 atom stereocenters. The van der Waals surface area contributed by atoms with E-state index in [1.54, 1.807) is 55.5 Å². The molecule has 0 saturated carbocycles. The molecule has 2 aromatic rings. The number of carbonyl (C=O) groups is 1. The van der Waals surface area contributed by atoms with Gasteiger partial charge in [-0.15, -0.1) is 0 Å². The Morgan fingerprint density at radius 1 is 1.12 bits per heavy atom. The Morgan fingerprint density at radius 2 is 1.84 bits per heavy atom. The molecule has 0 spiro atoms. The average molecular weight is 382 g/mol. The van der Waals surface area contributed by atoms with Crippen LogP contribution in [0.3, 0.4) is 0 Å². The molecule has 2 amide bonds. The van der Waals surface area contributed by atoms with Crippen molar-refractivity contribution in [3.05, 3.63) is 59.1 Å². The first-order valence-corrected chi connectivity index (χ1v) is 9.66. The van der Waals surface area contributed by atoms with E-state index in [-0.39, 0.29) is 10.9 Å². The van der Waals surface area contributed by atoms with Gasteiger partial charge in [0.15, 0.2) is 0 Å². The fourth-order valence-corrected chi connectivity index (χ4v) is 3.40. The molecule has 8 heteroatoms. The third kappa shape index (κ3) is 6.04. The minimum Gasteiger partial charge on any atom is -0.338 e. The van der Waals surface area contributed by atoms with Gasteiger partial charge in [-0.3, -0.25) is 0 Å². The second-order valence-electron chi connectivity index (χ2n) is 5.29. The molecule has 0 aliphatic rings. The van der Waals surface area contributed by atoms with Gasteiger partial charge in [-0.1, -0.05) is 36.7 Å². The van der Waals surface area contributed by atoms with Crippen molar-refractivity contribution in [2.75, 3.05) is 18.4 Å². The molecule has 2 rings (SSSR count). The smallest absolute Gasteiger partial charge is 0.319 e. The van der Waals surface area contributed by atoms with Gasteiger partial charge in [-0.25, -0.2) is 17.9 Å². The van der Waals surface area contributed by atoms with Gasteiger partial charge in [-0.05, 0) is 42.3 Å². The van der Waals surface area contributed by atoms with Crippen LogP contribution in [-0.2, 0) is 16.4 Å². The van der Waals surface area contributed by atoms with E-state index in [2.05, 4.69) is 15.4 Å². The number of hydrogen-bond donors (Lipinski definition) is 3. The quantitative estimate of drug-likeness (QED) is 0.689. The van der Waals surface area contributed by atoms with Gasteiger partial charge in [0.2, 0.25) is 10.0 Å². The summed E-state index contributed by atoms with van der Waals surface area (Å²) in [6.07, 6.45) is 0.588. The lowest BCUT2D eigenvalue weighted by Gasteiger charge is -2.09. The highest BCUT2D eigenvalue weighted by Gasteiger charge is 2.11. The molecule has 0 unspecified atom stereocenters. The van der Waals surface area contributed by atoms with Crippen LogP contribution in [0.4, 0.5) is 10.5 Å². The van der Waals surface area contributed by atoms with Gasteiger partial charge in [0.1, 0.15) is 0 Å². The first kappa shape index (κ1) is 19.2. The summed E-state index contributed by atoms with van der Waals surface area (Å²) in [5.41, 5.74) is 1.54. The van der Waals surface area contributed by atoms with Crippen molar-refractivity contribution in [2.24, 2.45) is 0 Å². The minimum absolute atomic E-state index is 0.227. The van der Waals surface area contributed by atoms with Crippen molar-refractivity contribution in [3.8, 4) is 0 Å². The van der Waals surface area contributed by atoms with Crippen LogP contribution in [0.25, 0.3) is 0 Å². The van der Waals surface area contributed by atoms with E-state index in [0.29, 0.717) is 30.2 Å². The summed E-state index contributed by atoms with van der Waals surface area (Å²) in [4.78, 5) is 12.0. The van der Waals surface area contributed by atoms with Crippen LogP contribution in [-0.4, -0.2) is 27.5 Å². The lowest BCUT2D eigenvalue weighted by atomic mass is 10.1. The number of sulfonamides is 1. The standard InChI is InChI=1S/C17H20ClN3O3S/c1-2-20-25(23,24)16-8-6-13(7-9-16)10-11-19-17(22)21-15-5-3-4-14(18)12-15/h3-9,12,20H,2,10-11H2,1H3,(H2,19,21,22). The lowest BCUT2D eigenvalue weighted by molar-refractivity contribution is 0.252. The maximum Gasteiger partial charge on any atom is 0.319 e. The third-order valence-electron chi connectivity index (χ3n) is 3.35. The largest absolute Gasteiger partial charge is 0.338 e. The number of hydrogen-bond acceptors (Lipinski definition) is 3. The number of benzene rings is 2. The molecule has 0 aromatic heterocycles. The molecule has 6 nitrogen and oxygen atoms in total. The monoisotopic (exact) mass is 381 g/mol. The first-order chi connectivity index (χ1) is 11.9. The van der Waals surface area contributed by atoms with E-state index < -0.39 is 10.0 Å². The van der Waals surface area contributed by atoms with Crippen molar-refractivity contribution < 1.29 is 13.2 Å². The summed E-state index contributed by atoms with van der Waals surface area (Å²) in [5, 5.41) is 5.98. The zero-order valence-electron chi connectivity index (χ0n) is 13.8. The van der Waals surface area contributed by atoms with Crippen LogP contribution in [0.5, 0.6) is 0 Å². The van der Waals surface area contributed by atoms with Crippen LogP contribution in [0.15, 0.2) is 53.4 Å². The molecular formula is C17H20ClN3O3S. The van der Waals surface area contributed by atoms with Crippen LogP contribution in [0.2, 0.25) is 5.02 Å². The predicted octanol–water partition coefficient (Wildman–Crippen LogP) is 3.00. The summed E-state index contributed by atoms with van der Waals surface area (Å²) in [6.45, 7) is 2.49. The number of anilines is 1. The Balaban J connectivity index is 1.82. The maximum atomic E-state index is 11.9. The fourth-order valence-electron chi connectivity index (χ4n) is 2.17. The highest BCUT2D eigenvalue weighted by Crippen LogP contribution is 2.14. The van der Waals surface area contributed by atoms with E-state index in [0.717, 1.165) is 5.56 Å². The van der Waals surface area contributed by atoms with Gasteiger partial charge in [0.25, 0.3) is 0 Å². The van der Waals surface area contributed by atoms with Gasteiger partial charge < -0.3 is 10.6 Å². The van der Waals surface area contributed by atoms with Crippen LogP contribution >= 0.6 is 11.6 Å². The zero-order valence-corrected chi connectivity index (χ0v) is 15.3. The Labute approximate surface area is 152 Å². The first-order valence-electron chi connectivity index (χ1n) is 7.80. The molecule has 25 heavy (non-hydrogen) atoms. The van der Waals surface area contributed by atoms with Gasteiger partial charge in [0, 0.05) is 23.8 Å². The van der Waals surface area contributed by atoms with Gasteiger partial charge in [0.05, 0.1) is 4.90 Å². The van der Waals surface area contributed by atoms with Crippen molar-refractivity contribution in [2.45, 2.75) is 18.2 Å². The number of nitrogens with one attached hydrogen (secondary N) is 3. The molecule has 0 saturated heterocycles. The van der Waals surface area contributed by atoms with E-state index in [1.807, 2.05) is 0 Å². The summed E-state index contributed by atoms with van der Waals surface area (Å²) < 4.78 is 26.2. The van der Waals surface area contributed by atoms with Gasteiger partial charge >= 0.3 is 6.03 Å². The Morgan fingerprint density at radius 3 is 2.48 bits per heavy atom. The molecule has 0 radical (unpaired) electrons. The van der Waals surface area contributed by atoms with Crippen LogP contribution < -0.4 is 15.4 Å². The van der Waals surface area contributed by atoms with Crippen molar-refractivity contribution in [1.82, 2.24) is 10.0 Å². The number of amides is 2. The number of urea groups is 1. The second-order valence-corrected chi connectivity index (χ2v) is 7.49. The van der Waals surface area contributed by atoms with Crippen molar-refractivity contribution in [3.63, 3.8) is 0 Å². The van der Waals surface area contributed by atoms with Gasteiger partial charge in [-0.2, -0.15) is 0 Å². The molecule has 0 heterocycles. The van der Waals surface area contributed by atoms with Crippen molar-refractivity contribution >= 4 is 33.3 Å². The molecule has 0 bridgehead atoms. The normalized spacial score (nSPS) is 11.1. The third-order valence-corrected chi connectivity index (χ3v) is 5.15. The number of halogens is 1. The predicted molar refractivity (Wildman–Crippen MR) is 99.5 cm³/mol. The topological polar surface area (TPSA) is 87.3 Å². The average Bonchev–Trinajstić information content (AvgIpc) is 2.55. The highest BCUT2D eigenvalue weighted by molar-refractivity contribution is 7.89. The molecule has 134 valence electrons. The Hall–Kier alpha value is -2.09. The van der Waals surface area contributed by atoms with Crippen LogP contribution in [0.1, 0.15) is 12.5 Å². The van der Waals surface area contributed by atoms with E-state index >= 15 is 0 Å². The fraction of sp³-hybridized carbons (Fsp3) is 0.235. The number of rotatable bonds is 7. The minimum atomic E-state index is -3.44. The highest BCUT2D eigenvalue weighted by atomic mass is 35.5. The summed E-state index contributed by atoms with van der Waals surface area (Å²) in [7, 11) is -3.44. The Kier molecular flexibility index (Phi) is 6.81. The lowest BCUT2D eigenvalue weighted by Crippen LogP contribution is -2.30. The summed E-state index contributed by atoms with van der Waals surface area (Å²) in [6, 6.07) is 13.1. The second kappa shape index (κ2) is 8.84. The number of carbonyl (C=O) groups excluding carboxylic acids is 1. The zero-order chi connectivity index (χ0) is 18.3.